The summed E-state index contributed by atoms with van der Waals surface area (Å²) >= 11 is 0. The van der Waals surface area contributed by atoms with E-state index in [-0.39, 0.29) is 29.7 Å². The van der Waals surface area contributed by atoms with Gasteiger partial charge in [0.1, 0.15) is 6.04 Å². The third-order valence-corrected chi connectivity index (χ3v) is 4.24. The van der Waals surface area contributed by atoms with E-state index in [4.69, 9.17) is 0 Å². The zero-order valence-corrected chi connectivity index (χ0v) is 11.1. The molecule has 0 aromatic rings. The molecule has 2 heterocycles. The number of rotatable bonds is 1. The molecule has 5 heteroatoms. The van der Waals surface area contributed by atoms with Crippen molar-refractivity contribution in [2.24, 2.45) is 11.3 Å². The zero-order chi connectivity index (χ0) is 13.7. The molecule has 18 heavy (non-hydrogen) atoms. The molecule has 0 aromatic heterocycles. The zero-order valence-electron chi connectivity index (χ0n) is 11.1. The predicted molar refractivity (Wildman–Crippen MR) is 64.9 cm³/mol. The molecule has 0 unspecified atom stereocenters. The normalized spacial score (nSPS) is 36.7. The van der Waals surface area contributed by atoms with Gasteiger partial charge in [-0.1, -0.05) is 20.8 Å². The van der Waals surface area contributed by atoms with Crippen molar-refractivity contribution in [1.82, 2.24) is 4.90 Å². The molecule has 2 aliphatic rings. The van der Waals surface area contributed by atoms with E-state index < -0.39 is 18.1 Å². The molecule has 2 rings (SSSR count). The molecule has 5 nitrogen and oxygen atoms in total. The molecule has 0 bridgehead atoms. The Morgan fingerprint density at radius 1 is 1.33 bits per heavy atom. The van der Waals surface area contributed by atoms with Crippen LogP contribution in [0.15, 0.2) is 0 Å². The number of piperidine rings is 1. The highest BCUT2D eigenvalue weighted by Gasteiger charge is 2.52. The molecule has 0 spiro atoms. The average molecular weight is 255 g/mol. The number of hydrogen-bond donors (Lipinski definition) is 2. The van der Waals surface area contributed by atoms with Gasteiger partial charge in [-0.2, -0.15) is 0 Å². The van der Waals surface area contributed by atoms with Gasteiger partial charge in [-0.15, -0.1) is 0 Å². The largest absolute Gasteiger partial charge is 0.480 e. The Bertz CT molecular complexity index is 374. The average Bonchev–Trinajstić information content (AvgIpc) is 2.56. The summed E-state index contributed by atoms with van der Waals surface area (Å²) in [6, 6.07) is -1.17. The number of nitrogens with zero attached hydrogens (tertiary/aromatic N) is 1. The third kappa shape index (κ3) is 2.00. The first-order chi connectivity index (χ1) is 8.23. The number of hydrogen-bond acceptors (Lipinski definition) is 3. The van der Waals surface area contributed by atoms with Crippen molar-refractivity contribution < 1.29 is 19.8 Å². The van der Waals surface area contributed by atoms with Gasteiger partial charge in [0.25, 0.3) is 0 Å². The molecule has 0 aromatic carbocycles. The molecule has 4 atom stereocenters. The Morgan fingerprint density at radius 2 is 1.94 bits per heavy atom. The van der Waals surface area contributed by atoms with Gasteiger partial charge in [0.15, 0.2) is 0 Å². The first kappa shape index (κ1) is 13.3. The predicted octanol–water partition coefficient (Wildman–Crippen LogP) is 0.857. The minimum atomic E-state index is -1.01. The van der Waals surface area contributed by atoms with E-state index in [1.54, 1.807) is 0 Å². The number of carboxylic acid groups (broad SMARTS) is 1. The van der Waals surface area contributed by atoms with E-state index in [9.17, 15) is 19.8 Å². The summed E-state index contributed by atoms with van der Waals surface area (Å²) in [7, 11) is 0. The Labute approximate surface area is 107 Å². The van der Waals surface area contributed by atoms with Gasteiger partial charge in [0.2, 0.25) is 5.91 Å². The van der Waals surface area contributed by atoms with Crippen molar-refractivity contribution in [3.63, 3.8) is 0 Å². The highest BCUT2D eigenvalue weighted by Crippen LogP contribution is 2.41. The number of carboxylic acids is 1. The van der Waals surface area contributed by atoms with E-state index in [0.717, 1.165) is 6.42 Å². The fourth-order valence-corrected chi connectivity index (χ4v) is 3.23. The second-order valence-electron chi connectivity index (χ2n) is 6.47. The van der Waals surface area contributed by atoms with Crippen LogP contribution in [0, 0.1) is 11.3 Å². The quantitative estimate of drug-likeness (QED) is 0.728. The van der Waals surface area contributed by atoms with Crippen molar-refractivity contribution in [1.29, 1.82) is 0 Å². The maximum Gasteiger partial charge on any atom is 0.326 e. The van der Waals surface area contributed by atoms with Crippen molar-refractivity contribution in [2.45, 2.75) is 58.2 Å². The van der Waals surface area contributed by atoms with Crippen LogP contribution < -0.4 is 0 Å². The van der Waals surface area contributed by atoms with Gasteiger partial charge in [0, 0.05) is 12.3 Å². The van der Waals surface area contributed by atoms with Crippen LogP contribution in [0.4, 0.5) is 0 Å². The highest BCUT2D eigenvalue weighted by atomic mass is 16.4. The van der Waals surface area contributed by atoms with E-state index in [1.165, 1.54) is 4.90 Å². The van der Waals surface area contributed by atoms with Crippen LogP contribution in [0.3, 0.4) is 0 Å². The molecule has 2 fully saturated rings. The molecule has 0 aliphatic carbocycles. The van der Waals surface area contributed by atoms with Crippen molar-refractivity contribution >= 4 is 11.9 Å². The number of carbonyl (C=O) groups is 2. The summed E-state index contributed by atoms with van der Waals surface area (Å²) in [4.78, 5) is 25.1. The lowest BCUT2D eigenvalue weighted by Gasteiger charge is -2.42. The highest BCUT2D eigenvalue weighted by molar-refractivity contribution is 5.87. The fourth-order valence-electron chi connectivity index (χ4n) is 3.23. The SMILES string of the molecule is CC(C)(C)[C@H]1CC[C@@H]2[C@H](O)C[C@@H](C(=O)O)N2C1=O. The van der Waals surface area contributed by atoms with Crippen LogP contribution in [0.2, 0.25) is 0 Å². The van der Waals surface area contributed by atoms with Crippen molar-refractivity contribution in [3.8, 4) is 0 Å². The smallest absolute Gasteiger partial charge is 0.326 e. The summed E-state index contributed by atoms with van der Waals surface area (Å²) in [5.41, 5.74) is -0.168. The van der Waals surface area contributed by atoms with E-state index in [2.05, 4.69) is 0 Å². The van der Waals surface area contributed by atoms with Gasteiger partial charge < -0.3 is 15.1 Å². The Kier molecular flexibility index (Phi) is 3.13. The topological polar surface area (TPSA) is 77.8 Å². The van der Waals surface area contributed by atoms with Crippen LogP contribution in [0.5, 0.6) is 0 Å². The number of carbonyl (C=O) groups excluding carboxylic acids is 1. The standard InChI is InChI=1S/C13H21NO4/c1-13(2,3)7-4-5-8-10(15)6-9(12(17)18)14(8)11(7)16/h7-10,15H,4-6H2,1-3H3,(H,17,18)/t7-,8+,9-,10+/m0/s1. The lowest BCUT2D eigenvalue weighted by molar-refractivity contribution is -0.157. The molecule has 2 saturated heterocycles. The van der Waals surface area contributed by atoms with Gasteiger partial charge in [-0.25, -0.2) is 4.79 Å². The lowest BCUT2D eigenvalue weighted by Crippen LogP contribution is -2.54. The van der Waals surface area contributed by atoms with Crippen LogP contribution in [-0.2, 0) is 9.59 Å². The van der Waals surface area contributed by atoms with Crippen LogP contribution in [-0.4, -0.2) is 45.2 Å². The molecule has 2 N–H and O–H groups in total. The first-order valence-corrected chi connectivity index (χ1v) is 6.46. The summed E-state index contributed by atoms with van der Waals surface area (Å²) in [6.07, 6.45) is 0.879. The summed E-state index contributed by atoms with van der Waals surface area (Å²) in [5.74, 6) is -1.27. The molecular weight excluding hydrogens is 234 g/mol. The molecule has 0 radical (unpaired) electrons. The maximum atomic E-state index is 12.5. The summed E-state index contributed by atoms with van der Waals surface area (Å²) in [6.45, 7) is 5.99. The van der Waals surface area contributed by atoms with E-state index in [0.29, 0.717) is 6.42 Å². The van der Waals surface area contributed by atoms with Gasteiger partial charge in [-0.05, 0) is 18.3 Å². The monoisotopic (exact) mass is 255 g/mol. The minimum absolute atomic E-state index is 0.109. The first-order valence-electron chi connectivity index (χ1n) is 6.46. The van der Waals surface area contributed by atoms with Gasteiger partial charge in [0.05, 0.1) is 12.1 Å². The Morgan fingerprint density at radius 3 is 2.44 bits per heavy atom. The van der Waals surface area contributed by atoms with Crippen molar-refractivity contribution in [3.05, 3.63) is 0 Å². The van der Waals surface area contributed by atoms with Crippen LogP contribution >= 0.6 is 0 Å². The van der Waals surface area contributed by atoms with Gasteiger partial charge in [-0.3, -0.25) is 4.79 Å². The number of aliphatic carboxylic acids is 1. The summed E-state index contributed by atoms with van der Waals surface area (Å²) in [5, 5.41) is 19.1. The molecule has 1 amide bonds. The Hall–Kier alpha value is -1.10. The number of aliphatic hydroxyl groups excluding tert-OH is 1. The Balaban J connectivity index is 2.28. The fraction of sp³-hybridized carbons (Fsp3) is 0.846. The second-order valence-corrected chi connectivity index (χ2v) is 6.47. The molecular formula is C13H21NO4. The van der Waals surface area contributed by atoms with E-state index >= 15 is 0 Å². The number of amides is 1. The lowest BCUT2D eigenvalue weighted by atomic mass is 9.74. The van der Waals surface area contributed by atoms with E-state index in [1.807, 2.05) is 20.8 Å². The molecule has 102 valence electrons. The minimum Gasteiger partial charge on any atom is -0.480 e. The van der Waals surface area contributed by atoms with Gasteiger partial charge >= 0.3 is 5.97 Å². The van der Waals surface area contributed by atoms with Crippen LogP contribution in [0.1, 0.15) is 40.0 Å². The maximum absolute atomic E-state index is 12.5. The number of aliphatic hydroxyl groups is 1. The summed E-state index contributed by atoms with van der Waals surface area (Å²) < 4.78 is 0. The molecule has 2 aliphatic heterocycles. The third-order valence-electron chi connectivity index (χ3n) is 4.24. The van der Waals surface area contributed by atoms with Crippen molar-refractivity contribution in [2.75, 3.05) is 0 Å². The number of fused-ring (bicyclic) bond motifs is 1. The molecule has 0 saturated carbocycles. The van der Waals surface area contributed by atoms with Crippen LogP contribution in [0.25, 0.3) is 0 Å². The second kappa shape index (κ2) is 4.23.